The summed E-state index contributed by atoms with van der Waals surface area (Å²) in [6.07, 6.45) is 5.42. The molecule has 3 aromatic rings. The van der Waals surface area contributed by atoms with Gasteiger partial charge in [0.05, 0.1) is 26.4 Å². The fourth-order valence-electron chi connectivity index (χ4n) is 3.87. The van der Waals surface area contributed by atoms with E-state index < -0.39 is 0 Å². The van der Waals surface area contributed by atoms with E-state index in [2.05, 4.69) is 42.7 Å². The van der Waals surface area contributed by atoms with Gasteiger partial charge in [-0.1, -0.05) is 12.1 Å². The lowest BCUT2D eigenvalue weighted by atomic mass is 10.0. The summed E-state index contributed by atoms with van der Waals surface area (Å²) >= 11 is 0. The molecule has 33 heavy (non-hydrogen) atoms. The van der Waals surface area contributed by atoms with Crippen LogP contribution in [0.15, 0.2) is 66.0 Å². The van der Waals surface area contributed by atoms with E-state index in [4.69, 9.17) is 9.47 Å². The predicted molar refractivity (Wildman–Crippen MR) is 128 cm³/mol. The fraction of sp³-hybridized carbons (Fsp3) is 0.375. The molecule has 1 fully saturated rings. The van der Waals surface area contributed by atoms with Gasteiger partial charge in [-0.25, -0.2) is 9.67 Å². The van der Waals surface area contributed by atoms with Crippen LogP contribution in [-0.4, -0.2) is 72.6 Å². The first-order valence-corrected chi connectivity index (χ1v) is 11.1. The zero-order valence-electron chi connectivity index (χ0n) is 19.1. The van der Waals surface area contributed by atoms with Crippen LogP contribution in [0, 0.1) is 0 Å². The van der Waals surface area contributed by atoms with E-state index in [1.54, 1.807) is 31.2 Å². The summed E-state index contributed by atoms with van der Waals surface area (Å²) in [6.45, 7) is 4.65. The number of methoxy groups -OCH3 is 1. The monoisotopic (exact) mass is 449 g/mol. The Bertz CT molecular complexity index is 1020. The standard InChI is InChI=1S/C24H31N7O2/c1-25-24(27-17-19-8-10-26-23(16-19)31-11-3-9-29-31)28-18-22(30-12-14-33-15-13-30)20-4-6-21(32-2)7-5-20/h3-11,16,22H,12-15,17-18H2,1-2H3,(H2,25,27,28). The number of aromatic nitrogens is 3. The maximum absolute atomic E-state index is 5.56. The second-order valence-electron chi connectivity index (χ2n) is 7.72. The van der Waals surface area contributed by atoms with E-state index in [-0.39, 0.29) is 6.04 Å². The second kappa shape index (κ2) is 11.4. The number of hydrogen-bond acceptors (Lipinski definition) is 6. The Hall–Kier alpha value is -3.43. The molecule has 0 aliphatic carbocycles. The number of guanidine groups is 1. The second-order valence-corrected chi connectivity index (χ2v) is 7.72. The van der Waals surface area contributed by atoms with E-state index in [0.29, 0.717) is 6.54 Å². The number of hydrogen-bond donors (Lipinski definition) is 2. The molecular formula is C24H31N7O2. The largest absolute Gasteiger partial charge is 0.497 e. The first-order chi connectivity index (χ1) is 16.3. The minimum Gasteiger partial charge on any atom is -0.497 e. The third kappa shape index (κ3) is 6.09. The minimum absolute atomic E-state index is 0.200. The van der Waals surface area contributed by atoms with Crippen LogP contribution in [0.1, 0.15) is 17.2 Å². The van der Waals surface area contributed by atoms with Gasteiger partial charge in [-0.15, -0.1) is 0 Å². The third-order valence-corrected chi connectivity index (χ3v) is 5.68. The minimum atomic E-state index is 0.200. The van der Waals surface area contributed by atoms with E-state index in [1.165, 1.54) is 5.56 Å². The molecule has 2 aromatic heterocycles. The van der Waals surface area contributed by atoms with E-state index >= 15 is 0 Å². The number of pyridine rings is 1. The lowest BCUT2D eigenvalue weighted by Crippen LogP contribution is -2.46. The number of rotatable bonds is 8. The summed E-state index contributed by atoms with van der Waals surface area (Å²) < 4.78 is 12.6. The lowest BCUT2D eigenvalue weighted by Gasteiger charge is -2.35. The molecule has 2 N–H and O–H groups in total. The molecule has 1 aromatic carbocycles. The van der Waals surface area contributed by atoms with Gasteiger partial charge in [0, 0.05) is 51.8 Å². The van der Waals surface area contributed by atoms with Crippen LogP contribution in [0.3, 0.4) is 0 Å². The van der Waals surface area contributed by atoms with Crippen LogP contribution < -0.4 is 15.4 Å². The van der Waals surface area contributed by atoms with Gasteiger partial charge in [0.25, 0.3) is 0 Å². The van der Waals surface area contributed by atoms with Gasteiger partial charge >= 0.3 is 0 Å². The van der Waals surface area contributed by atoms with Crippen LogP contribution in [0.5, 0.6) is 5.75 Å². The Balaban J connectivity index is 1.39. The molecule has 1 aliphatic heterocycles. The Kier molecular flexibility index (Phi) is 7.89. The normalized spacial score (nSPS) is 15.8. The highest BCUT2D eigenvalue weighted by Crippen LogP contribution is 2.23. The number of nitrogens with zero attached hydrogens (tertiary/aromatic N) is 5. The van der Waals surface area contributed by atoms with Gasteiger partial charge in [-0.05, 0) is 41.5 Å². The summed E-state index contributed by atoms with van der Waals surface area (Å²) in [5.74, 6) is 2.39. The van der Waals surface area contributed by atoms with Crippen molar-refractivity contribution in [2.45, 2.75) is 12.6 Å². The Morgan fingerprint density at radius 3 is 2.67 bits per heavy atom. The van der Waals surface area contributed by atoms with Gasteiger partial charge in [0.15, 0.2) is 11.8 Å². The average molecular weight is 450 g/mol. The van der Waals surface area contributed by atoms with Gasteiger partial charge < -0.3 is 20.1 Å². The molecule has 1 saturated heterocycles. The van der Waals surface area contributed by atoms with Crippen molar-refractivity contribution in [2.75, 3.05) is 47.0 Å². The van der Waals surface area contributed by atoms with Crippen molar-refractivity contribution in [1.82, 2.24) is 30.3 Å². The summed E-state index contributed by atoms with van der Waals surface area (Å²) in [5, 5.41) is 11.2. The van der Waals surface area contributed by atoms with Gasteiger partial charge in [0.1, 0.15) is 5.75 Å². The Labute approximate surface area is 194 Å². The van der Waals surface area contributed by atoms with Gasteiger partial charge in [0.2, 0.25) is 0 Å². The molecule has 9 nitrogen and oxygen atoms in total. The number of ether oxygens (including phenoxy) is 2. The average Bonchev–Trinajstić information content (AvgIpc) is 3.42. The molecule has 174 valence electrons. The highest BCUT2D eigenvalue weighted by Gasteiger charge is 2.23. The smallest absolute Gasteiger partial charge is 0.191 e. The van der Waals surface area contributed by atoms with E-state index in [9.17, 15) is 0 Å². The predicted octanol–water partition coefficient (Wildman–Crippen LogP) is 2.01. The molecule has 1 atom stereocenters. The summed E-state index contributed by atoms with van der Waals surface area (Å²) in [6, 6.07) is 14.4. The molecule has 0 spiro atoms. The molecule has 4 rings (SSSR count). The van der Waals surface area contributed by atoms with E-state index in [1.807, 2.05) is 36.5 Å². The molecule has 9 heteroatoms. The van der Waals surface area contributed by atoms with Crippen molar-refractivity contribution in [3.63, 3.8) is 0 Å². The van der Waals surface area contributed by atoms with Crippen LogP contribution in [0.25, 0.3) is 5.82 Å². The highest BCUT2D eigenvalue weighted by atomic mass is 16.5. The van der Waals surface area contributed by atoms with Crippen LogP contribution >= 0.6 is 0 Å². The lowest BCUT2D eigenvalue weighted by molar-refractivity contribution is 0.0170. The Morgan fingerprint density at radius 1 is 1.15 bits per heavy atom. The molecular weight excluding hydrogens is 418 g/mol. The fourth-order valence-corrected chi connectivity index (χ4v) is 3.87. The molecule has 0 amide bonds. The summed E-state index contributed by atoms with van der Waals surface area (Å²) in [5.41, 5.74) is 2.33. The molecule has 0 radical (unpaired) electrons. The number of nitrogens with one attached hydrogen (secondary N) is 2. The van der Waals surface area contributed by atoms with Crippen LogP contribution in [0.4, 0.5) is 0 Å². The van der Waals surface area contributed by atoms with E-state index in [0.717, 1.165) is 55.9 Å². The van der Waals surface area contributed by atoms with Crippen LogP contribution in [-0.2, 0) is 11.3 Å². The summed E-state index contributed by atoms with van der Waals surface area (Å²) in [4.78, 5) is 11.2. The van der Waals surface area contributed by atoms with Crippen molar-refractivity contribution in [3.05, 3.63) is 72.2 Å². The number of morpholine rings is 1. The maximum Gasteiger partial charge on any atom is 0.191 e. The maximum atomic E-state index is 5.56. The SMILES string of the molecule is CN=C(NCc1ccnc(-n2cccn2)c1)NCC(c1ccc(OC)cc1)N1CCOCC1. The highest BCUT2D eigenvalue weighted by molar-refractivity contribution is 5.79. The molecule has 0 saturated carbocycles. The molecule has 1 aliphatic rings. The number of benzene rings is 1. The van der Waals surface area contributed by atoms with Crippen molar-refractivity contribution in [3.8, 4) is 11.6 Å². The topological polar surface area (TPSA) is 88.8 Å². The first-order valence-electron chi connectivity index (χ1n) is 11.1. The first kappa shape index (κ1) is 22.8. The van der Waals surface area contributed by atoms with Crippen molar-refractivity contribution < 1.29 is 9.47 Å². The zero-order chi connectivity index (χ0) is 22.9. The Morgan fingerprint density at radius 2 is 1.97 bits per heavy atom. The molecule has 1 unspecified atom stereocenters. The summed E-state index contributed by atoms with van der Waals surface area (Å²) in [7, 11) is 3.47. The van der Waals surface area contributed by atoms with Gasteiger partial charge in [-0.3, -0.25) is 9.89 Å². The number of aliphatic imine (C=N–C) groups is 1. The van der Waals surface area contributed by atoms with Crippen molar-refractivity contribution >= 4 is 5.96 Å². The molecule has 0 bridgehead atoms. The third-order valence-electron chi connectivity index (χ3n) is 5.68. The van der Waals surface area contributed by atoms with Crippen molar-refractivity contribution in [2.24, 2.45) is 4.99 Å². The zero-order valence-corrected chi connectivity index (χ0v) is 19.1. The molecule has 3 heterocycles. The van der Waals surface area contributed by atoms with Crippen molar-refractivity contribution in [1.29, 1.82) is 0 Å². The quantitative estimate of drug-likeness (QED) is 0.402. The van der Waals surface area contributed by atoms with Crippen LogP contribution in [0.2, 0.25) is 0 Å². The van der Waals surface area contributed by atoms with Gasteiger partial charge in [-0.2, -0.15) is 5.10 Å².